The largest absolute Gasteiger partial charge is 0.375 e. The van der Waals surface area contributed by atoms with E-state index in [1.54, 1.807) is 7.11 Å². The third-order valence-electron chi connectivity index (χ3n) is 4.39. The van der Waals surface area contributed by atoms with Gasteiger partial charge in [-0.1, -0.05) is 31.4 Å². The van der Waals surface area contributed by atoms with Gasteiger partial charge >= 0.3 is 0 Å². The second kappa shape index (κ2) is 6.82. The molecule has 0 amide bonds. The van der Waals surface area contributed by atoms with Crippen molar-refractivity contribution in [3.8, 4) is 11.3 Å². The van der Waals surface area contributed by atoms with E-state index in [0.29, 0.717) is 5.92 Å². The average Bonchev–Trinajstić information content (AvgIpc) is 2.91. The number of aromatic nitrogens is 2. The van der Waals surface area contributed by atoms with Gasteiger partial charge in [0.2, 0.25) is 0 Å². The highest BCUT2D eigenvalue weighted by atomic mass is 16.5. The summed E-state index contributed by atoms with van der Waals surface area (Å²) in [4.78, 5) is 8.15. The van der Waals surface area contributed by atoms with E-state index >= 15 is 0 Å². The summed E-state index contributed by atoms with van der Waals surface area (Å²) in [6, 6.07) is 10.1. The van der Waals surface area contributed by atoms with Crippen molar-refractivity contribution in [1.82, 2.24) is 9.97 Å². The van der Waals surface area contributed by atoms with Crippen molar-refractivity contribution in [1.29, 1.82) is 0 Å². The first-order valence-corrected chi connectivity index (χ1v) is 8.39. The summed E-state index contributed by atoms with van der Waals surface area (Å²) in [5.41, 5.74) is 6.35. The first kappa shape index (κ1) is 16.8. The Bertz CT molecular complexity index is 854. The lowest BCUT2D eigenvalue weighted by molar-refractivity contribution is 0.116. The lowest BCUT2D eigenvalue weighted by Gasteiger charge is -2.15. The van der Waals surface area contributed by atoms with Gasteiger partial charge in [0.15, 0.2) is 0 Å². The third-order valence-corrected chi connectivity index (χ3v) is 4.39. The molecule has 122 valence electrons. The number of rotatable bonds is 5. The van der Waals surface area contributed by atoms with Crippen LogP contribution in [0.25, 0.3) is 22.2 Å². The Morgan fingerprint density at radius 3 is 2.71 bits per heavy atom. The number of hydrogen-bond donors (Lipinski definition) is 1. The molecule has 0 saturated heterocycles. The van der Waals surface area contributed by atoms with Gasteiger partial charge in [-0.05, 0) is 43.0 Å². The van der Waals surface area contributed by atoms with E-state index < -0.39 is 0 Å². The van der Waals surface area contributed by atoms with E-state index in [-0.39, 0.29) is 6.10 Å². The number of aromatic amines is 1. The van der Waals surface area contributed by atoms with Crippen molar-refractivity contribution in [2.75, 3.05) is 7.11 Å². The number of ether oxygens (including phenoxy) is 1. The number of nitrogens with one attached hydrogen (secondary N) is 1. The quantitative estimate of drug-likeness (QED) is 0.724. The van der Waals surface area contributed by atoms with Crippen LogP contribution < -0.4 is 5.46 Å². The molecular formula is C20H23BN2O. The number of nitrogens with zero attached hydrogens (tertiary/aromatic N) is 1. The van der Waals surface area contributed by atoms with E-state index in [4.69, 9.17) is 12.6 Å². The zero-order valence-electron chi connectivity index (χ0n) is 14.8. The van der Waals surface area contributed by atoms with Crippen LogP contribution in [0.1, 0.15) is 38.1 Å². The fourth-order valence-corrected chi connectivity index (χ4v) is 3.18. The van der Waals surface area contributed by atoms with Gasteiger partial charge in [-0.3, -0.25) is 4.98 Å². The Kier molecular flexibility index (Phi) is 4.77. The first-order valence-electron chi connectivity index (χ1n) is 8.39. The molecule has 1 aromatic carbocycles. The van der Waals surface area contributed by atoms with E-state index in [9.17, 15) is 0 Å². The SMILES string of the molecule is [B]c1ccc2[nH]c(-c3cccnc3C(C)OC)c(CC(C)C)c2c1. The molecule has 2 radical (unpaired) electrons. The monoisotopic (exact) mass is 318 g/mol. The summed E-state index contributed by atoms with van der Waals surface area (Å²) in [6.07, 6.45) is 2.73. The van der Waals surface area contributed by atoms with E-state index in [1.165, 1.54) is 10.9 Å². The van der Waals surface area contributed by atoms with Gasteiger partial charge < -0.3 is 9.72 Å². The Balaban J connectivity index is 2.26. The Morgan fingerprint density at radius 2 is 2.00 bits per heavy atom. The fourth-order valence-electron chi connectivity index (χ4n) is 3.18. The molecule has 2 heterocycles. The van der Waals surface area contributed by atoms with Crippen molar-refractivity contribution in [2.24, 2.45) is 5.92 Å². The maximum atomic E-state index is 6.02. The summed E-state index contributed by atoms with van der Waals surface area (Å²) in [7, 11) is 7.74. The lowest BCUT2D eigenvalue weighted by Crippen LogP contribution is -2.04. The van der Waals surface area contributed by atoms with Crippen molar-refractivity contribution in [2.45, 2.75) is 33.3 Å². The van der Waals surface area contributed by atoms with Gasteiger partial charge in [0.25, 0.3) is 0 Å². The number of hydrogen-bond acceptors (Lipinski definition) is 2. The predicted molar refractivity (Wildman–Crippen MR) is 101 cm³/mol. The number of pyridine rings is 1. The minimum Gasteiger partial charge on any atom is -0.375 e. The topological polar surface area (TPSA) is 37.9 Å². The highest BCUT2D eigenvalue weighted by Crippen LogP contribution is 2.35. The first-order chi connectivity index (χ1) is 11.5. The molecule has 1 N–H and O–H groups in total. The minimum atomic E-state index is -0.0652. The molecule has 24 heavy (non-hydrogen) atoms. The smallest absolute Gasteiger partial charge is 0.113 e. The number of methoxy groups -OCH3 is 1. The van der Waals surface area contributed by atoms with Crippen molar-refractivity contribution >= 4 is 24.2 Å². The van der Waals surface area contributed by atoms with Gasteiger partial charge in [-0.2, -0.15) is 0 Å². The minimum absolute atomic E-state index is 0.0652. The van der Waals surface area contributed by atoms with Gasteiger partial charge in [0.1, 0.15) is 7.85 Å². The van der Waals surface area contributed by atoms with Crippen molar-refractivity contribution in [3.63, 3.8) is 0 Å². The second-order valence-electron chi connectivity index (χ2n) is 6.70. The number of fused-ring (bicyclic) bond motifs is 1. The molecule has 2 aromatic heterocycles. The molecule has 1 unspecified atom stereocenters. The molecule has 3 nitrogen and oxygen atoms in total. The summed E-state index contributed by atoms with van der Waals surface area (Å²) in [5.74, 6) is 0.546. The van der Waals surface area contributed by atoms with Crippen LogP contribution in [0.4, 0.5) is 0 Å². The molecule has 0 saturated carbocycles. The molecule has 1 atom stereocenters. The van der Waals surface area contributed by atoms with Gasteiger partial charge in [0, 0.05) is 29.8 Å². The molecule has 3 aromatic rings. The molecule has 0 aliphatic heterocycles. The van der Waals surface area contributed by atoms with E-state index in [0.717, 1.165) is 34.4 Å². The zero-order chi connectivity index (χ0) is 17.3. The lowest BCUT2D eigenvalue weighted by atomic mass is 9.91. The molecule has 0 spiro atoms. The standard InChI is InChI=1S/C20H23BN2O/c1-12(2)10-17-16-11-14(21)7-8-18(16)23-20(17)15-6-5-9-22-19(15)13(3)24-4/h5-9,11-13,23H,10H2,1-4H3. The van der Waals surface area contributed by atoms with Crippen molar-refractivity contribution in [3.05, 3.63) is 47.8 Å². The van der Waals surface area contributed by atoms with Gasteiger partial charge in [0.05, 0.1) is 17.5 Å². The highest BCUT2D eigenvalue weighted by Gasteiger charge is 2.19. The molecule has 3 rings (SSSR count). The van der Waals surface area contributed by atoms with Crippen LogP contribution in [-0.2, 0) is 11.2 Å². The Hall–Kier alpha value is -2.07. The van der Waals surface area contributed by atoms with Crippen LogP contribution in [-0.4, -0.2) is 24.9 Å². The summed E-state index contributed by atoms with van der Waals surface area (Å²) >= 11 is 0. The van der Waals surface area contributed by atoms with E-state index in [1.807, 2.05) is 31.3 Å². The van der Waals surface area contributed by atoms with Gasteiger partial charge in [-0.15, -0.1) is 0 Å². The normalized spacial score (nSPS) is 12.9. The van der Waals surface area contributed by atoms with Crippen LogP contribution >= 0.6 is 0 Å². The maximum absolute atomic E-state index is 6.02. The van der Waals surface area contributed by atoms with Crippen LogP contribution in [0, 0.1) is 5.92 Å². The summed E-state index contributed by atoms with van der Waals surface area (Å²) in [6.45, 7) is 6.49. The van der Waals surface area contributed by atoms with Crippen molar-refractivity contribution < 1.29 is 4.74 Å². The Morgan fingerprint density at radius 1 is 1.21 bits per heavy atom. The molecule has 0 bridgehead atoms. The average molecular weight is 318 g/mol. The number of benzene rings is 1. The second-order valence-corrected chi connectivity index (χ2v) is 6.70. The zero-order valence-corrected chi connectivity index (χ0v) is 14.8. The number of H-pyrrole nitrogens is 1. The molecular weight excluding hydrogens is 295 g/mol. The van der Waals surface area contributed by atoms with Crippen LogP contribution in [0.3, 0.4) is 0 Å². The van der Waals surface area contributed by atoms with Crippen LogP contribution in [0.5, 0.6) is 0 Å². The third kappa shape index (κ3) is 3.11. The maximum Gasteiger partial charge on any atom is 0.113 e. The molecule has 4 heteroatoms. The van der Waals surface area contributed by atoms with Crippen LogP contribution in [0.15, 0.2) is 36.5 Å². The fraction of sp³-hybridized carbons (Fsp3) is 0.350. The predicted octanol–water partition coefficient (Wildman–Crippen LogP) is 3.93. The van der Waals surface area contributed by atoms with Crippen LogP contribution in [0.2, 0.25) is 0 Å². The summed E-state index contributed by atoms with van der Waals surface area (Å²) < 4.78 is 5.52. The molecule has 0 fully saturated rings. The Labute approximate surface area is 144 Å². The highest BCUT2D eigenvalue weighted by molar-refractivity contribution is 6.33. The summed E-state index contributed by atoms with van der Waals surface area (Å²) in [5, 5.41) is 1.19. The van der Waals surface area contributed by atoms with Gasteiger partial charge in [-0.25, -0.2) is 0 Å². The molecule has 0 aliphatic carbocycles. The van der Waals surface area contributed by atoms with E-state index in [2.05, 4.69) is 35.9 Å². The molecule has 0 aliphatic rings.